The van der Waals surface area contributed by atoms with Crippen molar-refractivity contribution < 1.29 is 28.9 Å². The van der Waals surface area contributed by atoms with Crippen molar-refractivity contribution in [2.24, 2.45) is 5.41 Å². The lowest BCUT2D eigenvalue weighted by atomic mass is 9.93. The summed E-state index contributed by atoms with van der Waals surface area (Å²) in [6.45, 7) is 13.4. The van der Waals surface area contributed by atoms with Crippen LogP contribution in [0.5, 0.6) is 11.5 Å². The summed E-state index contributed by atoms with van der Waals surface area (Å²) in [5, 5.41) is 21.5. The van der Waals surface area contributed by atoms with Gasteiger partial charge in [-0.05, 0) is 105 Å². The maximum atomic E-state index is 13.4. The number of carbonyl (C=O) groups excluding carboxylic acids is 2. The Bertz CT molecular complexity index is 1430. The fourth-order valence-corrected chi connectivity index (χ4v) is 5.08. The molecule has 0 unspecified atom stereocenters. The van der Waals surface area contributed by atoms with Gasteiger partial charge < -0.3 is 35.3 Å². The second-order valence-corrected chi connectivity index (χ2v) is 13.6. The molecule has 256 valence electrons. The first-order valence-electron chi connectivity index (χ1n) is 16.3. The molecular weight excluding hydrogens is 594 g/mol. The molecule has 0 aliphatic rings. The molecule has 3 aromatic carbocycles. The predicted molar refractivity (Wildman–Crippen MR) is 186 cm³/mol. The maximum Gasteiger partial charge on any atom is 0.337 e. The Morgan fingerprint density at radius 3 is 2.28 bits per heavy atom. The van der Waals surface area contributed by atoms with Crippen LogP contribution in [0.15, 0.2) is 72.8 Å². The zero-order valence-corrected chi connectivity index (χ0v) is 29.0. The van der Waals surface area contributed by atoms with E-state index in [1.165, 1.54) is 13.2 Å². The van der Waals surface area contributed by atoms with Crippen molar-refractivity contribution in [3.63, 3.8) is 0 Å². The summed E-state index contributed by atoms with van der Waals surface area (Å²) in [5.74, 6) is 0.557. The number of aliphatic hydroxyl groups is 1. The van der Waals surface area contributed by atoms with E-state index < -0.39 is 29.6 Å². The van der Waals surface area contributed by atoms with Gasteiger partial charge in [-0.2, -0.15) is 0 Å². The molecule has 0 saturated heterocycles. The minimum absolute atomic E-state index is 0.205. The van der Waals surface area contributed by atoms with E-state index in [1.54, 1.807) is 25.3 Å². The third-order valence-corrected chi connectivity index (χ3v) is 7.90. The summed E-state index contributed by atoms with van der Waals surface area (Å²) < 4.78 is 16.3. The molecule has 0 spiro atoms. The van der Waals surface area contributed by atoms with Crippen molar-refractivity contribution >= 4 is 11.9 Å². The molecule has 4 N–H and O–H groups in total. The van der Waals surface area contributed by atoms with E-state index in [4.69, 9.17) is 14.2 Å². The van der Waals surface area contributed by atoms with Gasteiger partial charge in [0.2, 0.25) is 0 Å². The molecular formula is C38H53N3O6. The average Bonchev–Trinajstić information content (AvgIpc) is 3.05. The van der Waals surface area contributed by atoms with E-state index in [0.29, 0.717) is 18.6 Å². The molecule has 0 saturated carbocycles. The summed E-state index contributed by atoms with van der Waals surface area (Å²) in [6, 6.07) is 21.2. The van der Waals surface area contributed by atoms with Crippen LogP contribution in [-0.4, -0.2) is 69.6 Å². The number of nitrogens with one attached hydrogen (secondary N) is 3. The molecule has 9 heteroatoms. The van der Waals surface area contributed by atoms with Gasteiger partial charge in [-0.15, -0.1) is 0 Å². The van der Waals surface area contributed by atoms with E-state index in [0.717, 1.165) is 48.6 Å². The number of hydrogen-bond donors (Lipinski definition) is 4. The summed E-state index contributed by atoms with van der Waals surface area (Å²) in [6.07, 6.45) is 1.36. The SMILES string of the molecule is COC(=O)c1cccc(C(=O)N[C@@H](Cc2cccc(OCCCCNCC(C)(C)C)c2)[C@H](O)CNC(C)(C)c2cccc(OC)c2)c1. The number of unbranched alkanes of at least 4 members (excludes halogenated alkanes) is 1. The van der Waals surface area contributed by atoms with Gasteiger partial charge in [0.05, 0.1) is 38.5 Å². The topological polar surface area (TPSA) is 118 Å². The largest absolute Gasteiger partial charge is 0.497 e. The third kappa shape index (κ3) is 12.7. The smallest absolute Gasteiger partial charge is 0.337 e. The first-order valence-corrected chi connectivity index (χ1v) is 16.3. The third-order valence-electron chi connectivity index (χ3n) is 7.90. The fourth-order valence-electron chi connectivity index (χ4n) is 5.08. The number of aliphatic hydroxyl groups excluding tert-OH is 1. The predicted octanol–water partition coefficient (Wildman–Crippen LogP) is 5.50. The molecule has 1 amide bonds. The molecule has 3 aromatic rings. The molecule has 0 aliphatic carbocycles. The molecule has 9 nitrogen and oxygen atoms in total. The average molecular weight is 648 g/mol. The number of rotatable bonds is 18. The van der Waals surface area contributed by atoms with Crippen molar-refractivity contribution in [1.82, 2.24) is 16.0 Å². The van der Waals surface area contributed by atoms with Crippen LogP contribution in [0.25, 0.3) is 0 Å². The Morgan fingerprint density at radius 2 is 1.55 bits per heavy atom. The van der Waals surface area contributed by atoms with Crippen LogP contribution < -0.4 is 25.4 Å². The van der Waals surface area contributed by atoms with Crippen molar-refractivity contribution in [3.8, 4) is 11.5 Å². The minimum Gasteiger partial charge on any atom is -0.497 e. The fraction of sp³-hybridized carbons (Fsp3) is 0.474. The summed E-state index contributed by atoms with van der Waals surface area (Å²) >= 11 is 0. The zero-order chi connectivity index (χ0) is 34.5. The highest BCUT2D eigenvalue weighted by Crippen LogP contribution is 2.24. The van der Waals surface area contributed by atoms with Gasteiger partial charge in [0.1, 0.15) is 11.5 Å². The van der Waals surface area contributed by atoms with E-state index in [2.05, 4.69) is 36.7 Å². The van der Waals surface area contributed by atoms with E-state index in [-0.39, 0.29) is 17.5 Å². The van der Waals surface area contributed by atoms with Gasteiger partial charge in [0.25, 0.3) is 5.91 Å². The van der Waals surface area contributed by atoms with E-state index in [1.807, 2.05) is 62.4 Å². The molecule has 0 heterocycles. The number of carbonyl (C=O) groups is 2. The Balaban J connectivity index is 1.71. The Kier molecular flexibility index (Phi) is 14.3. The molecule has 0 aliphatic heterocycles. The highest BCUT2D eigenvalue weighted by molar-refractivity contribution is 5.98. The lowest BCUT2D eigenvalue weighted by Crippen LogP contribution is -2.51. The van der Waals surface area contributed by atoms with Gasteiger partial charge in [-0.1, -0.05) is 51.1 Å². The van der Waals surface area contributed by atoms with Crippen molar-refractivity contribution in [3.05, 3.63) is 95.1 Å². The van der Waals surface area contributed by atoms with Gasteiger partial charge >= 0.3 is 5.97 Å². The van der Waals surface area contributed by atoms with Crippen molar-refractivity contribution in [1.29, 1.82) is 0 Å². The summed E-state index contributed by atoms with van der Waals surface area (Å²) in [7, 11) is 2.93. The first kappa shape index (κ1) is 37.5. The lowest BCUT2D eigenvalue weighted by molar-refractivity contribution is 0.0600. The number of amides is 1. The lowest BCUT2D eigenvalue weighted by Gasteiger charge is -2.31. The molecule has 0 fully saturated rings. The normalized spacial score (nSPS) is 13.0. The standard InChI is InChI=1S/C38H53N3O6/c1-37(2,3)26-39-19-8-9-20-47-32-18-10-13-27(21-32)22-33(41-35(43)28-14-11-15-29(23-28)36(44)46-7)34(42)25-40-38(4,5)30-16-12-17-31(24-30)45-6/h10-18,21,23-24,33-34,39-40,42H,8-9,19-20,22,25-26H2,1-7H3,(H,41,43)/t33-,34+/m0/s1. The number of esters is 1. The second kappa shape index (κ2) is 17.8. The second-order valence-electron chi connectivity index (χ2n) is 13.6. The molecule has 0 aromatic heterocycles. The monoisotopic (exact) mass is 647 g/mol. The number of ether oxygens (including phenoxy) is 3. The molecule has 47 heavy (non-hydrogen) atoms. The molecule has 0 bridgehead atoms. The van der Waals surface area contributed by atoms with Gasteiger partial charge in [0, 0.05) is 17.6 Å². The highest BCUT2D eigenvalue weighted by Gasteiger charge is 2.27. The number of hydrogen-bond acceptors (Lipinski definition) is 8. The van der Waals surface area contributed by atoms with Crippen LogP contribution in [0.3, 0.4) is 0 Å². The molecule has 2 atom stereocenters. The Morgan fingerprint density at radius 1 is 0.851 bits per heavy atom. The highest BCUT2D eigenvalue weighted by atomic mass is 16.5. The van der Waals surface area contributed by atoms with Crippen LogP contribution in [-0.2, 0) is 16.7 Å². The quantitative estimate of drug-likeness (QED) is 0.106. The zero-order valence-electron chi connectivity index (χ0n) is 29.0. The summed E-state index contributed by atoms with van der Waals surface area (Å²) in [5.41, 5.74) is 2.25. The Labute approximate surface area is 280 Å². The van der Waals surface area contributed by atoms with Gasteiger partial charge in [0.15, 0.2) is 0 Å². The van der Waals surface area contributed by atoms with Crippen LogP contribution in [0, 0.1) is 5.41 Å². The summed E-state index contributed by atoms with van der Waals surface area (Å²) in [4.78, 5) is 25.5. The molecule has 0 radical (unpaired) electrons. The van der Waals surface area contributed by atoms with Crippen LogP contribution >= 0.6 is 0 Å². The van der Waals surface area contributed by atoms with Crippen molar-refractivity contribution in [2.75, 3.05) is 40.5 Å². The van der Waals surface area contributed by atoms with Crippen LogP contribution in [0.4, 0.5) is 0 Å². The number of methoxy groups -OCH3 is 2. The van der Waals surface area contributed by atoms with Crippen LogP contribution in [0.1, 0.15) is 79.3 Å². The van der Waals surface area contributed by atoms with E-state index >= 15 is 0 Å². The number of benzene rings is 3. The minimum atomic E-state index is -0.946. The molecule has 3 rings (SSSR count). The van der Waals surface area contributed by atoms with Gasteiger partial charge in [-0.3, -0.25) is 4.79 Å². The van der Waals surface area contributed by atoms with Crippen LogP contribution in [0.2, 0.25) is 0 Å². The van der Waals surface area contributed by atoms with Crippen molar-refractivity contribution in [2.45, 2.75) is 71.6 Å². The maximum absolute atomic E-state index is 13.4. The van der Waals surface area contributed by atoms with E-state index in [9.17, 15) is 14.7 Å². The Hall–Kier alpha value is -3.92. The van der Waals surface area contributed by atoms with Gasteiger partial charge in [-0.25, -0.2) is 4.79 Å². The first-order chi connectivity index (χ1) is 22.3.